The minimum Gasteiger partial charge on any atom is -0.238 e. The molecule has 0 N–H and O–H groups in total. The molecule has 2 nitrogen and oxygen atoms in total. The van der Waals surface area contributed by atoms with Gasteiger partial charge in [-0.3, -0.25) is 0 Å². The lowest BCUT2D eigenvalue weighted by molar-refractivity contribution is 0.847. The molecule has 0 amide bonds. The molecule has 0 spiro atoms. The highest BCUT2D eigenvalue weighted by molar-refractivity contribution is 5.11. The van der Waals surface area contributed by atoms with Crippen molar-refractivity contribution in [2.24, 2.45) is 0 Å². The van der Waals surface area contributed by atoms with E-state index in [2.05, 4.69) is 36.8 Å². The smallest absolute Gasteiger partial charge is 0.128 e. The van der Waals surface area contributed by atoms with E-state index >= 15 is 0 Å². The van der Waals surface area contributed by atoms with Gasteiger partial charge in [-0.2, -0.15) is 0 Å². The van der Waals surface area contributed by atoms with Crippen molar-refractivity contribution in [3.05, 3.63) is 23.3 Å². The average Bonchev–Trinajstić information content (AvgIpc) is 2.16. The molecule has 0 aliphatic rings. The predicted molar refractivity (Wildman–Crippen MR) is 50.2 cm³/mol. The minimum absolute atomic E-state index is 0.931. The van der Waals surface area contributed by atoms with Crippen molar-refractivity contribution in [1.82, 2.24) is 9.97 Å². The summed E-state index contributed by atoms with van der Waals surface area (Å²) in [6.45, 7) is 6.34. The second-order valence-electron chi connectivity index (χ2n) is 2.83. The van der Waals surface area contributed by atoms with E-state index in [0.717, 1.165) is 25.1 Å². The van der Waals surface area contributed by atoms with Crippen LogP contribution in [0.15, 0.2) is 6.07 Å². The Kier molecular flexibility index (Phi) is 3.20. The standard InChI is InChI=1S/C10H16N2/c1-4-8-7-9(5-2)12-10(6-3)11-8/h7H,4-6H2,1-3H3. The van der Waals surface area contributed by atoms with Crippen LogP contribution < -0.4 is 0 Å². The lowest BCUT2D eigenvalue weighted by Crippen LogP contribution is -2.01. The van der Waals surface area contributed by atoms with Gasteiger partial charge in [-0.05, 0) is 18.9 Å². The highest BCUT2D eigenvalue weighted by Gasteiger charge is 1.99. The summed E-state index contributed by atoms with van der Waals surface area (Å²) in [5, 5.41) is 0. The summed E-state index contributed by atoms with van der Waals surface area (Å²) in [6.07, 6.45) is 2.94. The fourth-order valence-electron chi connectivity index (χ4n) is 1.13. The molecule has 0 aliphatic heterocycles. The Bertz CT molecular complexity index is 201. The van der Waals surface area contributed by atoms with E-state index in [1.165, 1.54) is 11.4 Å². The molecular weight excluding hydrogens is 148 g/mol. The van der Waals surface area contributed by atoms with Crippen LogP contribution in [0.5, 0.6) is 0 Å². The third kappa shape index (κ3) is 2.03. The van der Waals surface area contributed by atoms with Gasteiger partial charge in [-0.15, -0.1) is 0 Å². The van der Waals surface area contributed by atoms with Gasteiger partial charge in [0, 0.05) is 17.8 Å². The summed E-state index contributed by atoms with van der Waals surface area (Å²) in [6, 6.07) is 2.10. The zero-order chi connectivity index (χ0) is 8.97. The Balaban J connectivity index is 3.01. The minimum atomic E-state index is 0.931. The molecule has 1 rings (SSSR count). The number of aryl methyl sites for hydroxylation is 3. The molecule has 66 valence electrons. The first kappa shape index (κ1) is 9.17. The third-order valence-electron chi connectivity index (χ3n) is 1.92. The molecule has 12 heavy (non-hydrogen) atoms. The molecule has 0 saturated carbocycles. The van der Waals surface area contributed by atoms with Gasteiger partial charge < -0.3 is 0 Å². The molecule has 0 bridgehead atoms. The van der Waals surface area contributed by atoms with Crippen molar-refractivity contribution in [2.75, 3.05) is 0 Å². The molecule has 0 saturated heterocycles. The van der Waals surface area contributed by atoms with Crippen molar-refractivity contribution in [3.63, 3.8) is 0 Å². The number of aromatic nitrogens is 2. The second kappa shape index (κ2) is 4.19. The predicted octanol–water partition coefficient (Wildman–Crippen LogP) is 2.16. The van der Waals surface area contributed by atoms with E-state index in [0.29, 0.717) is 0 Å². The van der Waals surface area contributed by atoms with E-state index in [1.54, 1.807) is 0 Å². The maximum atomic E-state index is 4.41. The van der Waals surface area contributed by atoms with E-state index in [1.807, 2.05) is 0 Å². The van der Waals surface area contributed by atoms with Crippen molar-refractivity contribution in [2.45, 2.75) is 40.0 Å². The van der Waals surface area contributed by atoms with Crippen LogP contribution >= 0.6 is 0 Å². The molecule has 0 radical (unpaired) electrons. The quantitative estimate of drug-likeness (QED) is 0.684. The van der Waals surface area contributed by atoms with Crippen molar-refractivity contribution in [1.29, 1.82) is 0 Å². The molecule has 2 heteroatoms. The fourth-order valence-corrected chi connectivity index (χ4v) is 1.13. The number of hydrogen-bond acceptors (Lipinski definition) is 2. The first-order chi connectivity index (χ1) is 5.80. The van der Waals surface area contributed by atoms with Gasteiger partial charge in [-0.1, -0.05) is 20.8 Å². The van der Waals surface area contributed by atoms with Gasteiger partial charge in [0.25, 0.3) is 0 Å². The maximum absolute atomic E-state index is 4.41. The summed E-state index contributed by atoms with van der Waals surface area (Å²) < 4.78 is 0. The monoisotopic (exact) mass is 164 g/mol. The Labute approximate surface area is 74.1 Å². The zero-order valence-corrected chi connectivity index (χ0v) is 8.09. The zero-order valence-electron chi connectivity index (χ0n) is 8.09. The van der Waals surface area contributed by atoms with E-state index in [9.17, 15) is 0 Å². The molecule has 1 aromatic heterocycles. The summed E-state index contributed by atoms with van der Waals surface area (Å²) in [5.41, 5.74) is 2.33. The molecule has 0 atom stereocenters. The van der Waals surface area contributed by atoms with E-state index < -0.39 is 0 Å². The molecule has 0 fully saturated rings. The summed E-state index contributed by atoms with van der Waals surface area (Å²) in [5.74, 6) is 0.978. The van der Waals surface area contributed by atoms with Gasteiger partial charge >= 0.3 is 0 Å². The van der Waals surface area contributed by atoms with Gasteiger partial charge in [0.15, 0.2) is 0 Å². The van der Waals surface area contributed by atoms with Gasteiger partial charge in [0.2, 0.25) is 0 Å². The molecule has 0 aliphatic carbocycles. The van der Waals surface area contributed by atoms with E-state index in [4.69, 9.17) is 0 Å². The Morgan fingerprint density at radius 2 is 1.42 bits per heavy atom. The summed E-state index contributed by atoms with van der Waals surface area (Å²) in [4.78, 5) is 8.81. The second-order valence-corrected chi connectivity index (χ2v) is 2.83. The van der Waals surface area contributed by atoms with Crippen LogP contribution in [-0.4, -0.2) is 9.97 Å². The average molecular weight is 164 g/mol. The SMILES string of the molecule is CCc1cc(CC)nc(CC)n1. The van der Waals surface area contributed by atoms with Crippen LogP contribution in [0.1, 0.15) is 38.0 Å². The summed E-state index contributed by atoms with van der Waals surface area (Å²) in [7, 11) is 0. The fraction of sp³-hybridized carbons (Fsp3) is 0.600. The molecule has 1 heterocycles. The molecular formula is C10H16N2. The normalized spacial score (nSPS) is 10.2. The Hall–Kier alpha value is -0.920. The maximum Gasteiger partial charge on any atom is 0.128 e. The lowest BCUT2D eigenvalue weighted by atomic mass is 10.2. The van der Waals surface area contributed by atoms with Crippen LogP contribution in [0, 0.1) is 0 Å². The van der Waals surface area contributed by atoms with Gasteiger partial charge in [0.1, 0.15) is 5.82 Å². The topological polar surface area (TPSA) is 25.8 Å². The van der Waals surface area contributed by atoms with Crippen molar-refractivity contribution >= 4 is 0 Å². The molecule has 0 aromatic carbocycles. The van der Waals surface area contributed by atoms with Gasteiger partial charge in [0.05, 0.1) is 0 Å². The highest BCUT2D eigenvalue weighted by Crippen LogP contribution is 2.03. The Morgan fingerprint density at radius 3 is 1.75 bits per heavy atom. The first-order valence-electron chi connectivity index (χ1n) is 4.65. The van der Waals surface area contributed by atoms with Crippen molar-refractivity contribution in [3.8, 4) is 0 Å². The van der Waals surface area contributed by atoms with Gasteiger partial charge in [-0.25, -0.2) is 9.97 Å². The van der Waals surface area contributed by atoms with Crippen LogP contribution in [0.25, 0.3) is 0 Å². The first-order valence-corrected chi connectivity index (χ1v) is 4.65. The summed E-state index contributed by atoms with van der Waals surface area (Å²) >= 11 is 0. The lowest BCUT2D eigenvalue weighted by Gasteiger charge is -2.03. The number of rotatable bonds is 3. The molecule has 0 unspecified atom stereocenters. The third-order valence-corrected chi connectivity index (χ3v) is 1.92. The largest absolute Gasteiger partial charge is 0.238 e. The van der Waals surface area contributed by atoms with E-state index in [-0.39, 0.29) is 0 Å². The van der Waals surface area contributed by atoms with Crippen LogP contribution in [-0.2, 0) is 19.3 Å². The number of hydrogen-bond donors (Lipinski definition) is 0. The van der Waals surface area contributed by atoms with Crippen LogP contribution in [0.2, 0.25) is 0 Å². The Morgan fingerprint density at radius 1 is 0.917 bits per heavy atom. The van der Waals surface area contributed by atoms with Crippen LogP contribution in [0.3, 0.4) is 0 Å². The number of nitrogens with zero attached hydrogens (tertiary/aromatic N) is 2. The van der Waals surface area contributed by atoms with Crippen molar-refractivity contribution < 1.29 is 0 Å². The highest BCUT2D eigenvalue weighted by atomic mass is 14.9. The molecule has 1 aromatic rings. The van der Waals surface area contributed by atoms with Crippen LogP contribution in [0.4, 0.5) is 0 Å².